The van der Waals surface area contributed by atoms with Crippen molar-refractivity contribution in [1.82, 2.24) is 19.9 Å². The third kappa shape index (κ3) is 6.66. The molecule has 0 amide bonds. The zero-order valence-electron chi connectivity index (χ0n) is 34.7. The molecule has 64 heavy (non-hydrogen) atoms. The highest BCUT2D eigenvalue weighted by Crippen LogP contribution is 2.41. The lowest BCUT2D eigenvalue weighted by atomic mass is 9.89. The Kier molecular flexibility index (Phi) is 9.12. The van der Waals surface area contributed by atoms with Crippen molar-refractivity contribution in [2.24, 2.45) is 0 Å². The molecule has 12 aromatic rings. The average molecular weight is 815 g/mol. The second-order valence-electron chi connectivity index (χ2n) is 16.2. The summed E-state index contributed by atoms with van der Waals surface area (Å²) >= 11 is 0. The highest BCUT2D eigenvalue weighted by molar-refractivity contribution is 6.13. The molecule has 0 radical (unpaired) electrons. The third-order valence-electron chi connectivity index (χ3n) is 12.3. The van der Waals surface area contributed by atoms with E-state index in [1.54, 1.807) is 0 Å². The minimum Gasteiger partial charge on any atom is -0.256 e. The zero-order valence-corrected chi connectivity index (χ0v) is 34.7. The maximum Gasteiger partial charge on any atom is 0.164 e. The van der Waals surface area contributed by atoms with E-state index in [-0.39, 0.29) is 0 Å². The fourth-order valence-electron chi connectivity index (χ4n) is 9.29. The second kappa shape index (κ2) is 15.7. The van der Waals surface area contributed by atoms with E-state index in [0.717, 1.165) is 77.3 Å². The summed E-state index contributed by atoms with van der Waals surface area (Å²) in [6.07, 6.45) is 1.86. The van der Waals surface area contributed by atoms with Crippen LogP contribution in [0.15, 0.2) is 231 Å². The fraction of sp³-hybridized carbons (Fsp3) is 0. The van der Waals surface area contributed by atoms with Crippen LogP contribution in [-0.2, 0) is 0 Å². The van der Waals surface area contributed by atoms with Gasteiger partial charge in [0.15, 0.2) is 17.5 Å². The molecule has 0 fully saturated rings. The molecule has 2 aromatic heterocycles. The highest BCUT2D eigenvalue weighted by Gasteiger charge is 2.19. The van der Waals surface area contributed by atoms with Crippen molar-refractivity contribution in [3.05, 3.63) is 231 Å². The molecule has 0 aliphatic heterocycles. The van der Waals surface area contributed by atoms with E-state index in [4.69, 9.17) is 19.9 Å². The normalized spacial score (nSPS) is 11.4. The van der Waals surface area contributed by atoms with E-state index >= 15 is 0 Å². The maximum absolute atomic E-state index is 5.39. The molecule has 0 saturated carbocycles. The summed E-state index contributed by atoms with van der Waals surface area (Å²) in [4.78, 5) is 20.9. The van der Waals surface area contributed by atoms with Crippen LogP contribution in [0.2, 0.25) is 0 Å². The summed E-state index contributed by atoms with van der Waals surface area (Å²) in [5.41, 5.74) is 11.5. The van der Waals surface area contributed by atoms with Gasteiger partial charge in [0.2, 0.25) is 0 Å². The van der Waals surface area contributed by atoms with Crippen molar-refractivity contribution < 1.29 is 0 Å². The Morgan fingerprint density at radius 2 is 0.719 bits per heavy atom. The van der Waals surface area contributed by atoms with Crippen LogP contribution in [0.3, 0.4) is 0 Å². The lowest BCUT2D eigenvalue weighted by Crippen LogP contribution is -2.01. The lowest BCUT2D eigenvalue weighted by molar-refractivity contribution is 1.08. The van der Waals surface area contributed by atoms with Crippen LogP contribution >= 0.6 is 0 Å². The number of benzene rings is 10. The Morgan fingerprint density at radius 1 is 0.250 bits per heavy atom. The molecule has 0 N–H and O–H groups in total. The number of aromatic nitrogens is 4. The molecule has 0 aliphatic carbocycles. The molecule has 2 heterocycles. The zero-order chi connectivity index (χ0) is 42.4. The van der Waals surface area contributed by atoms with E-state index in [2.05, 4.69) is 212 Å². The van der Waals surface area contributed by atoms with Crippen LogP contribution in [0.25, 0.3) is 122 Å². The molecule has 10 aromatic carbocycles. The van der Waals surface area contributed by atoms with Crippen LogP contribution < -0.4 is 0 Å². The topological polar surface area (TPSA) is 51.6 Å². The number of rotatable bonds is 7. The fourth-order valence-corrected chi connectivity index (χ4v) is 9.29. The number of hydrogen-bond acceptors (Lipinski definition) is 4. The van der Waals surface area contributed by atoms with Crippen molar-refractivity contribution in [3.8, 4) is 78.8 Å². The number of nitrogens with zero attached hydrogens (tertiary/aromatic N) is 4. The van der Waals surface area contributed by atoms with E-state index in [1.165, 1.54) is 27.1 Å². The van der Waals surface area contributed by atoms with Crippen molar-refractivity contribution >= 4 is 43.1 Å². The molecule has 0 saturated heterocycles. The van der Waals surface area contributed by atoms with Gasteiger partial charge in [0, 0.05) is 34.0 Å². The van der Waals surface area contributed by atoms with Gasteiger partial charge in [-0.2, -0.15) is 0 Å². The van der Waals surface area contributed by atoms with E-state index in [0.29, 0.717) is 17.5 Å². The van der Waals surface area contributed by atoms with Crippen LogP contribution in [0.1, 0.15) is 0 Å². The standard InChI is InChI=1S/C60H38N4/c1-2-17-43(18-3-1)57-53(29-14-34-61-57)42-32-30-39(31-33-42)46-36-47(56-51-25-10-6-19-44(51)35-45-20-7-11-26-52(45)56)38-48(37-46)58-62-59(54-27-12-21-40-15-4-8-23-49(40)54)64-60(63-58)55-28-13-22-41-16-5-9-24-50(41)55/h1-38H. The van der Waals surface area contributed by atoms with E-state index < -0.39 is 0 Å². The predicted molar refractivity (Wildman–Crippen MR) is 266 cm³/mol. The first-order valence-corrected chi connectivity index (χ1v) is 21.6. The van der Waals surface area contributed by atoms with Gasteiger partial charge in [-0.3, -0.25) is 4.98 Å². The highest BCUT2D eigenvalue weighted by atomic mass is 15.0. The molecule has 0 unspecified atom stereocenters. The Hall–Kier alpha value is -8.60. The minimum absolute atomic E-state index is 0.605. The molecule has 12 rings (SSSR count). The van der Waals surface area contributed by atoms with Gasteiger partial charge >= 0.3 is 0 Å². The van der Waals surface area contributed by atoms with Crippen molar-refractivity contribution in [1.29, 1.82) is 0 Å². The van der Waals surface area contributed by atoms with Gasteiger partial charge in [0.1, 0.15) is 0 Å². The number of fused-ring (bicyclic) bond motifs is 4. The monoisotopic (exact) mass is 814 g/mol. The molecule has 0 aliphatic rings. The molecule has 4 nitrogen and oxygen atoms in total. The van der Waals surface area contributed by atoms with Crippen molar-refractivity contribution in [2.45, 2.75) is 0 Å². The average Bonchev–Trinajstić information content (AvgIpc) is 3.37. The van der Waals surface area contributed by atoms with Gasteiger partial charge in [-0.1, -0.05) is 194 Å². The van der Waals surface area contributed by atoms with Crippen LogP contribution in [0.4, 0.5) is 0 Å². The Bertz CT molecular complexity index is 3560. The molecule has 0 atom stereocenters. The van der Waals surface area contributed by atoms with Crippen LogP contribution in [0.5, 0.6) is 0 Å². The molecule has 4 heteroatoms. The lowest BCUT2D eigenvalue weighted by Gasteiger charge is -2.16. The van der Waals surface area contributed by atoms with Crippen molar-refractivity contribution in [3.63, 3.8) is 0 Å². The quantitative estimate of drug-likeness (QED) is 0.150. The van der Waals surface area contributed by atoms with Gasteiger partial charge in [-0.25, -0.2) is 15.0 Å². The van der Waals surface area contributed by atoms with E-state index in [1.807, 2.05) is 18.3 Å². The molecular formula is C60H38N4. The van der Waals surface area contributed by atoms with Crippen LogP contribution in [-0.4, -0.2) is 19.9 Å². The number of hydrogen-bond donors (Lipinski definition) is 0. The van der Waals surface area contributed by atoms with Gasteiger partial charge in [-0.05, 0) is 101 Å². The van der Waals surface area contributed by atoms with Crippen LogP contribution in [0, 0.1) is 0 Å². The van der Waals surface area contributed by atoms with E-state index in [9.17, 15) is 0 Å². The number of pyridine rings is 1. The first-order valence-electron chi connectivity index (χ1n) is 21.6. The SMILES string of the molecule is c1ccc(-c2ncccc2-c2ccc(-c3cc(-c4nc(-c5cccc6ccccc56)nc(-c5cccc6ccccc56)n4)cc(-c4c5ccccc5cc5ccccc45)c3)cc2)cc1. The summed E-state index contributed by atoms with van der Waals surface area (Å²) < 4.78 is 0. The first-order chi connectivity index (χ1) is 31.7. The van der Waals surface area contributed by atoms with Gasteiger partial charge in [-0.15, -0.1) is 0 Å². The summed E-state index contributed by atoms with van der Waals surface area (Å²) in [5.74, 6) is 1.86. The smallest absolute Gasteiger partial charge is 0.164 e. The van der Waals surface area contributed by atoms with Gasteiger partial charge in [0.05, 0.1) is 5.69 Å². The predicted octanol–water partition coefficient (Wildman–Crippen LogP) is 15.5. The molecule has 0 spiro atoms. The van der Waals surface area contributed by atoms with Crippen molar-refractivity contribution in [2.75, 3.05) is 0 Å². The summed E-state index contributed by atoms with van der Waals surface area (Å²) in [5, 5.41) is 9.20. The Balaban J connectivity index is 1.11. The first kappa shape index (κ1) is 37.2. The van der Waals surface area contributed by atoms with Gasteiger partial charge < -0.3 is 0 Å². The molecule has 298 valence electrons. The van der Waals surface area contributed by atoms with Gasteiger partial charge in [0.25, 0.3) is 0 Å². The summed E-state index contributed by atoms with van der Waals surface area (Å²) in [7, 11) is 0. The second-order valence-corrected chi connectivity index (χ2v) is 16.2. The Labute approximate surface area is 370 Å². The molecule has 0 bridgehead atoms. The minimum atomic E-state index is 0.605. The molecular weight excluding hydrogens is 777 g/mol. The third-order valence-corrected chi connectivity index (χ3v) is 12.3. The summed E-state index contributed by atoms with van der Waals surface area (Å²) in [6.45, 7) is 0. The maximum atomic E-state index is 5.39. The Morgan fingerprint density at radius 3 is 1.34 bits per heavy atom. The summed E-state index contributed by atoms with van der Waals surface area (Å²) in [6, 6.07) is 79.4. The largest absolute Gasteiger partial charge is 0.256 e.